The maximum Gasteiger partial charge on any atom is 0.196 e. The van der Waals surface area contributed by atoms with E-state index < -0.39 is 0 Å². The number of ketones is 1. The molecule has 0 radical (unpaired) electrons. The number of rotatable bonds is 16. The maximum atomic E-state index is 13.2. The van der Waals surface area contributed by atoms with Gasteiger partial charge in [-0.05, 0) is 123 Å². The van der Waals surface area contributed by atoms with Gasteiger partial charge < -0.3 is 33.2 Å². The first kappa shape index (κ1) is 36.9. The molecule has 0 unspecified atom stereocenters. The van der Waals surface area contributed by atoms with Crippen molar-refractivity contribution in [3.05, 3.63) is 151 Å². The van der Waals surface area contributed by atoms with Gasteiger partial charge >= 0.3 is 0 Å². The Labute approximate surface area is 330 Å². The summed E-state index contributed by atoms with van der Waals surface area (Å²) in [4.78, 5) is 22.9. The van der Waals surface area contributed by atoms with E-state index in [0.717, 1.165) is 63.7 Å². The first-order valence-electron chi connectivity index (χ1n) is 19.1. The van der Waals surface area contributed by atoms with E-state index in [1.807, 2.05) is 84.9 Å². The van der Waals surface area contributed by atoms with Crippen LogP contribution < -0.4 is 18.9 Å². The van der Waals surface area contributed by atoms with E-state index in [9.17, 15) is 9.90 Å². The summed E-state index contributed by atoms with van der Waals surface area (Å²) in [6.07, 6.45) is 0. The molecule has 8 aromatic rings. The summed E-state index contributed by atoms with van der Waals surface area (Å²) in [6.45, 7) is 7.10. The fourth-order valence-electron chi connectivity index (χ4n) is 6.92. The topological polar surface area (TPSA) is 110 Å². The van der Waals surface area contributed by atoms with Crippen LogP contribution in [0, 0.1) is 0 Å². The van der Waals surface area contributed by atoms with Crippen molar-refractivity contribution < 1.29 is 28.8 Å². The minimum atomic E-state index is -0.312. The van der Waals surface area contributed by atoms with Crippen LogP contribution in [-0.2, 0) is 13.1 Å². The number of aromatic hydroxyl groups is 1. The molecular weight excluding hydrogens is 717 g/mol. The molecule has 57 heavy (non-hydrogen) atoms. The van der Waals surface area contributed by atoms with E-state index in [1.54, 1.807) is 36.4 Å². The highest BCUT2D eigenvalue weighted by molar-refractivity contribution is 6.10. The molecule has 0 bridgehead atoms. The number of hydrogen-bond acceptors (Lipinski definition) is 8. The number of fused-ring (bicyclic) bond motifs is 2. The van der Waals surface area contributed by atoms with Crippen LogP contribution in [0.4, 0.5) is 0 Å². The summed E-state index contributed by atoms with van der Waals surface area (Å²) in [5, 5.41) is 10.7. The lowest BCUT2D eigenvalue weighted by atomic mass is 10.0. The van der Waals surface area contributed by atoms with Gasteiger partial charge in [-0.25, -0.2) is 9.97 Å². The van der Waals surface area contributed by atoms with Crippen molar-refractivity contribution in [3.63, 3.8) is 0 Å². The molecule has 0 fully saturated rings. The van der Waals surface area contributed by atoms with Crippen molar-refractivity contribution >= 4 is 27.9 Å². The fourth-order valence-corrected chi connectivity index (χ4v) is 6.92. The smallest absolute Gasteiger partial charge is 0.196 e. The fraction of sp³-hybridized carbons (Fsp3) is 0.170. The summed E-state index contributed by atoms with van der Waals surface area (Å²) in [7, 11) is 0. The standard InChI is InChI=1S/C47H42N4O6/c1-3-50-42-11-7-5-9-40(42)48-46(50)33-15-21-36(22-16-33)55-28-27-54-35-19-13-32(14-20-35)45(53)39-26-25-38(31-44(39)52)57-30-29-56-37-23-17-34(18-24-37)47-49-41-10-6-8-12-43(41)51(47)4-2/h5-26,31,52H,3-4,27-30H2,1-2H3. The molecule has 10 heteroatoms. The summed E-state index contributed by atoms with van der Waals surface area (Å²) in [6, 6.07) is 43.5. The molecule has 286 valence electrons. The number of aromatic nitrogens is 4. The number of para-hydroxylation sites is 4. The number of carbonyl (C=O) groups is 1. The lowest BCUT2D eigenvalue weighted by Gasteiger charge is -2.11. The predicted molar refractivity (Wildman–Crippen MR) is 222 cm³/mol. The third-order valence-electron chi connectivity index (χ3n) is 9.74. The monoisotopic (exact) mass is 758 g/mol. The highest BCUT2D eigenvalue weighted by Gasteiger charge is 2.16. The largest absolute Gasteiger partial charge is 0.507 e. The molecule has 2 heterocycles. The number of ether oxygens (including phenoxy) is 4. The van der Waals surface area contributed by atoms with E-state index >= 15 is 0 Å². The number of carbonyl (C=O) groups excluding carboxylic acids is 1. The molecule has 1 N–H and O–H groups in total. The van der Waals surface area contributed by atoms with Gasteiger partial charge in [0.2, 0.25) is 0 Å². The number of phenols is 1. The Morgan fingerprint density at radius 2 is 0.930 bits per heavy atom. The molecule has 0 amide bonds. The normalized spacial score (nSPS) is 11.2. The summed E-state index contributed by atoms with van der Waals surface area (Å²) >= 11 is 0. The molecule has 6 aromatic carbocycles. The number of nitrogens with zero attached hydrogens (tertiary/aromatic N) is 4. The Morgan fingerprint density at radius 1 is 0.526 bits per heavy atom. The Bertz CT molecular complexity index is 2630. The van der Waals surface area contributed by atoms with Gasteiger partial charge in [0.1, 0.15) is 66.8 Å². The van der Waals surface area contributed by atoms with Crippen LogP contribution in [0.2, 0.25) is 0 Å². The second kappa shape index (κ2) is 16.7. The molecule has 0 spiro atoms. The average Bonchev–Trinajstić information content (AvgIpc) is 3.83. The van der Waals surface area contributed by atoms with Gasteiger partial charge in [0.15, 0.2) is 5.78 Å². The van der Waals surface area contributed by atoms with Crippen LogP contribution in [0.15, 0.2) is 140 Å². The SMILES string of the molecule is CCn1c(-c2ccc(OCCOc3ccc(C(=O)c4ccc(OCCOc5ccc(-c6nc7ccccc7n6CC)cc5)cc4O)cc3)cc2)nc2ccccc21. The third-order valence-corrected chi connectivity index (χ3v) is 9.74. The third kappa shape index (κ3) is 8.02. The number of hydrogen-bond donors (Lipinski definition) is 1. The summed E-state index contributed by atoms with van der Waals surface area (Å²) in [5.41, 5.74) is 6.81. The van der Waals surface area contributed by atoms with Gasteiger partial charge in [-0.15, -0.1) is 0 Å². The molecule has 10 nitrogen and oxygen atoms in total. The van der Waals surface area contributed by atoms with E-state index in [4.69, 9.17) is 28.9 Å². The first-order chi connectivity index (χ1) is 28.0. The molecule has 0 saturated heterocycles. The lowest BCUT2D eigenvalue weighted by molar-refractivity contribution is 0.103. The molecule has 0 aliphatic heterocycles. The lowest BCUT2D eigenvalue weighted by Crippen LogP contribution is -2.09. The van der Waals surface area contributed by atoms with Crippen molar-refractivity contribution in [2.45, 2.75) is 26.9 Å². The van der Waals surface area contributed by atoms with Crippen LogP contribution in [0.1, 0.15) is 29.8 Å². The molecule has 2 aromatic heterocycles. The number of phenolic OH excluding ortho intramolecular Hbond substituents is 1. The van der Waals surface area contributed by atoms with E-state index in [0.29, 0.717) is 42.6 Å². The second-order valence-corrected chi connectivity index (χ2v) is 13.3. The van der Waals surface area contributed by atoms with Gasteiger partial charge in [-0.3, -0.25) is 4.79 Å². The summed E-state index contributed by atoms with van der Waals surface area (Å²) < 4.78 is 27.9. The van der Waals surface area contributed by atoms with Crippen molar-refractivity contribution in [2.75, 3.05) is 26.4 Å². The zero-order chi connectivity index (χ0) is 39.1. The highest BCUT2D eigenvalue weighted by atomic mass is 16.5. The zero-order valence-corrected chi connectivity index (χ0v) is 31.8. The number of aryl methyl sites for hydroxylation is 2. The van der Waals surface area contributed by atoms with E-state index in [2.05, 4.69) is 35.1 Å². The van der Waals surface area contributed by atoms with Crippen LogP contribution in [-0.4, -0.2) is 56.4 Å². The Hall–Kier alpha value is -7.07. The number of benzene rings is 6. The van der Waals surface area contributed by atoms with Gasteiger partial charge in [0, 0.05) is 35.8 Å². The van der Waals surface area contributed by atoms with Gasteiger partial charge in [-0.1, -0.05) is 24.3 Å². The second-order valence-electron chi connectivity index (χ2n) is 13.3. The Kier molecular flexibility index (Phi) is 10.8. The van der Waals surface area contributed by atoms with Crippen molar-refractivity contribution in [2.24, 2.45) is 0 Å². The average molecular weight is 759 g/mol. The molecule has 8 rings (SSSR count). The molecule has 0 aliphatic carbocycles. The Morgan fingerprint density at radius 3 is 1.37 bits per heavy atom. The zero-order valence-electron chi connectivity index (χ0n) is 31.8. The van der Waals surface area contributed by atoms with Gasteiger partial charge in [-0.2, -0.15) is 0 Å². The van der Waals surface area contributed by atoms with E-state index in [-0.39, 0.29) is 23.7 Å². The highest BCUT2D eigenvalue weighted by Crippen LogP contribution is 2.29. The number of imidazole rings is 2. The quantitative estimate of drug-likeness (QED) is 0.0767. The molecule has 0 saturated carbocycles. The maximum absolute atomic E-state index is 13.2. The predicted octanol–water partition coefficient (Wildman–Crippen LogP) is 9.61. The molecule has 0 aliphatic rings. The minimum Gasteiger partial charge on any atom is -0.507 e. The van der Waals surface area contributed by atoms with Gasteiger partial charge in [0.05, 0.1) is 27.6 Å². The molecular formula is C47H42N4O6. The van der Waals surface area contributed by atoms with Crippen LogP contribution in [0.25, 0.3) is 44.8 Å². The Balaban J connectivity index is 0.779. The summed E-state index contributed by atoms with van der Waals surface area (Å²) in [5.74, 6) is 3.85. The first-order valence-corrected chi connectivity index (χ1v) is 19.1. The van der Waals surface area contributed by atoms with Crippen LogP contribution in [0.5, 0.6) is 28.7 Å². The van der Waals surface area contributed by atoms with Crippen LogP contribution >= 0.6 is 0 Å². The molecule has 0 atom stereocenters. The van der Waals surface area contributed by atoms with E-state index in [1.165, 1.54) is 6.07 Å². The van der Waals surface area contributed by atoms with Gasteiger partial charge in [0.25, 0.3) is 0 Å². The minimum absolute atomic E-state index is 0.165. The van der Waals surface area contributed by atoms with Crippen molar-refractivity contribution in [3.8, 4) is 51.5 Å². The van der Waals surface area contributed by atoms with Crippen molar-refractivity contribution in [1.82, 2.24) is 19.1 Å². The van der Waals surface area contributed by atoms with Crippen LogP contribution in [0.3, 0.4) is 0 Å². The van der Waals surface area contributed by atoms with Crippen molar-refractivity contribution in [1.29, 1.82) is 0 Å².